The van der Waals surface area contributed by atoms with E-state index >= 15 is 0 Å². The smallest absolute Gasteiger partial charge is 0.150 e. The third-order valence-electron chi connectivity index (χ3n) is 4.08. The van der Waals surface area contributed by atoms with Crippen molar-refractivity contribution in [3.05, 3.63) is 0 Å². The van der Waals surface area contributed by atoms with Gasteiger partial charge in [-0.05, 0) is 44.6 Å². The molecule has 0 aromatic rings. The fourth-order valence-corrected chi connectivity index (χ4v) is 5.58. The molecule has 1 aliphatic rings. The van der Waals surface area contributed by atoms with Gasteiger partial charge in [-0.15, -0.1) is 0 Å². The van der Waals surface area contributed by atoms with Gasteiger partial charge < -0.3 is 5.32 Å². The predicted molar refractivity (Wildman–Crippen MR) is 87.0 cm³/mol. The number of sulfone groups is 2. The largest absolute Gasteiger partial charge is 0.314 e. The van der Waals surface area contributed by atoms with E-state index < -0.39 is 19.7 Å². The van der Waals surface area contributed by atoms with E-state index in [0.29, 0.717) is 17.9 Å². The lowest BCUT2D eigenvalue weighted by Gasteiger charge is -2.21. The maximum absolute atomic E-state index is 11.5. The summed E-state index contributed by atoms with van der Waals surface area (Å²) in [6, 6.07) is 0.232. The van der Waals surface area contributed by atoms with Crippen molar-refractivity contribution < 1.29 is 16.8 Å². The van der Waals surface area contributed by atoms with E-state index in [0.717, 1.165) is 32.2 Å². The van der Waals surface area contributed by atoms with Crippen LogP contribution in [0, 0.1) is 5.92 Å². The molecule has 0 radical (unpaired) electrons. The summed E-state index contributed by atoms with van der Waals surface area (Å²) in [5.74, 6) is 1.26. The summed E-state index contributed by atoms with van der Waals surface area (Å²) in [4.78, 5) is 0. The normalized spacial score (nSPS) is 23.2. The van der Waals surface area contributed by atoms with Gasteiger partial charge in [-0.3, -0.25) is 0 Å². The SMILES string of the molecule is CCCNC(CCCS(=O)(=O)CC)CC1CCS(=O)(=O)C1. The summed E-state index contributed by atoms with van der Waals surface area (Å²) >= 11 is 0. The third kappa shape index (κ3) is 7.61. The van der Waals surface area contributed by atoms with Gasteiger partial charge in [0, 0.05) is 11.8 Å². The zero-order valence-electron chi connectivity index (χ0n) is 13.2. The van der Waals surface area contributed by atoms with Crippen molar-refractivity contribution in [2.24, 2.45) is 5.92 Å². The predicted octanol–water partition coefficient (Wildman–Crippen LogP) is 1.39. The summed E-state index contributed by atoms with van der Waals surface area (Å²) in [6.07, 6.45) is 4.06. The first-order valence-corrected chi connectivity index (χ1v) is 11.6. The fourth-order valence-electron chi connectivity index (χ4n) is 2.81. The van der Waals surface area contributed by atoms with Crippen molar-refractivity contribution in [2.75, 3.05) is 29.6 Å². The van der Waals surface area contributed by atoms with Gasteiger partial charge in [0.1, 0.15) is 9.84 Å². The Balaban J connectivity index is 2.44. The summed E-state index contributed by atoms with van der Waals surface area (Å²) < 4.78 is 46.1. The molecular weight excluding hydrogens is 310 g/mol. The van der Waals surface area contributed by atoms with Crippen LogP contribution in [0.15, 0.2) is 0 Å². The van der Waals surface area contributed by atoms with Crippen LogP contribution in [-0.4, -0.2) is 52.4 Å². The summed E-state index contributed by atoms with van der Waals surface area (Å²) in [5, 5.41) is 3.44. The molecule has 0 aliphatic carbocycles. The van der Waals surface area contributed by atoms with Gasteiger partial charge in [-0.1, -0.05) is 13.8 Å². The first-order chi connectivity index (χ1) is 9.78. The van der Waals surface area contributed by atoms with Crippen LogP contribution in [0.4, 0.5) is 0 Å². The van der Waals surface area contributed by atoms with Crippen LogP contribution in [0.3, 0.4) is 0 Å². The Kier molecular flexibility index (Phi) is 7.64. The molecule has 1 rings (SSSR count). The molecule has 2 unspecified atom stereocenters. The molecule has 2 atom stereocenters. The van der Waals surface area contributed by atoms with Crippen LogP contribution >= 0.6 is 0 Å². The van der Waals surface area contributed by atoms with E-state index in [1.54, 1.807) is 6.92 Å². The van der Waals surface area contributed by atoms with E-state index in [1.165, 1.54) is 0 Å². The Labute approximate surface area is 129 Å². The summed E-state index contributed by atoms with van der Waals surface area (Å²) in [5.41, 5.74) is 0. The van der Waals surface area contributed by atoms with Gasteiger partial charge in [0.25, 0.3) is 0 Å². The van der Waals surface area contributed by atoms with E-state index in [2.05, 4.69) is 12.2 Å². The minimum Gasteiger partial charge on any atom is -0.314 e. The van der Waals surface area contributed by atoms with Crippen LogP contribution in [0.25, 0.3) is 0 Å². The highest BCUT2D eigenvalue weighted by Crippen LogP contribution is 2.24. The monoisotopic (exact) mass is 339 g/mol. The van der Waals surface area contributed by atoms with E-state index in [-0.39, 0.29) is 23.5 Å². The standard InChI is InChI=1S/C14H29NO4S2/c1-3-8-15-14(6-5-9-20(16,17)4-2)11-13-7-10-21(18,19)12-13/h13-15H,3-12H2,1-2H3. The fraction of sp³-hybridized carbons (Fsp3) is 1.00. The van der Waals surface area contributed by atoms with Crippen LogP contribution in [0.5, 0.6) is 0 Å². The quantitative estimate of drug-likeness (QED) is 0.650. The lowest BCUT2D eigenvalue weighted by atomic mass is 9.96. The highest BCUT2D eigenvalue weighted by atomic mass is 32.2. The molecule has 0 spiro atoms. The van der Waals surface area contributed by atoms with Crippen molar-refractivity contribution in [1.29, 1.82) is 0 Å². The van der Waals surface area contributed by atoms with Crippen LogP contribution < -0.4 is 5.32 Å². The van der Waals surface area contributed by atoms with E-state index in [1.807, 2.05) is 0 Å². The van der Waals surface area contributed by atoms with Gasteiger partial charge in [0.15, 0.2) is 9.84 Å². The molecule has 1 N–H and O–H groups in total. The van der Waals surface area contributed by atoms with Crippen molar-refractivity contribution >= 4 is 19.7 Å². The molecule has 1 saturated heterocycles. The third-order valence-corrected chi connectivity index (χ3v) is 7.70. The number of hydrogen-bond acceptors (Lipinski definition) is 5. The Morgan fingerprint density at radius 1 is 1.29 bits per heavy atom. The first-order valence-electron chi connectivity index (χ1n) is 7.92. The maximum Gasteiger partial charge on any atom is 0.150 e. The second kappa shape index (κ2) is 8.48. The van der Waals surface area contributed by atoms with Crippen molar-refractivity contribution in [3.63, 3.8) is 0 Å². The van der Waals surface area contributed by atoms with Gasteiger partial charge >= 0.3 is 0 Å². The molecule has 0 saturated carbocycles. The second-order valence-electron chi connectivity index (χ2n) is 6.03. The van der Waals surface area contributed by atoms with Crippen molar-refractivity contribution in [2.45, 2.75) is 52.0 Å². The van der Waals surface area contributed by atoms with Crippen LogP contribution in [-0.2, 0) is 19.7 Å². The lowest BCUT2D eigenvalue weighted by Crippen LogP contribution is -2.32. The molecule has 126 valence electrons. The molecule has 5 nitrogen and oxygen atoms in total. The number of rotatable bonds is 10. The molecule has 1 heterocycles. The molecule has 1 aliphatic heterocycles. The molecule has 21 heavy (non-hydrogen) atoms. The van der Waals surface area contributed by atoms with E-state index in [9.17, 15) is 16.8 Å². The van der Waals surface area contributed by atoms with Gasteiger partial charge in [-0.2, -0.15) is 0 Å². The minimum absolute atomic E-state index is 0.195. The lowest BCUT2D eigenvalue weighted by molar-refractivity contribution is 0.384. The molecule has 0 bridgehead atoms. The Hall–Kier alpha value is -0.140. The summed E-state index contributed by atoms with van der Waals surface area (Å²) in [6.45, 7) is 4.65. The van der Waals surface area contributed by atoms with Crippen LogP contribution in [0.1, 0.15) is 46.0 Å². The Bertz CT molecular complexity index is 499. The highest BCUT2D eigenvalue weighted by Gasteiger charge is 2.29. The Morgan fingerprint density at radius 3 is 2.52 bits per heavy atom. The molecular formula is C14H29NO4S2. The zero-order valence-corrected chi connectivity index (χ0v) is 14.8. The van der Waals surface area contributed by atoms with Crippen molar-refractivity contribution in [1.82, 2.24) is 5.32 Å². The molecule has 1 fully saturated rings. The van der Waals surface area contributed by atoms with Gasteiger partial charge in [0.2, 0.25) is 0 Å². The summed E-state index contributed by atoms with van der Waals surface area (Å²) in [7, 11) is -5.74. The average Bonchev–Trinajstić information content (AvgIpc) is 2.75. The van der Waals surface area contributed by atoms with Crippen LogP contribution in [0.2, 0.25) is 0 Å². The zero-order chi connectivity index (χ0) is 15.9. The highest BCUT2D eigenvalue weighted by molar-refractivity contribution is 7.91. The topological polar surface area (TPSA) is 80.3 Å². The average molecular weight is 340 g/mol. The second-order valence-corrected chi connectivity index (χ2v) is 10.7. The minimum atomic E-state index is -2.91. The first kappa shape index (κ1) is 18.9. The molecule has 0 amide bonds. The molecule has 0 aromatic heterocycles. The van der Waals surface area contributed by atoms with Gasteiger partial charge in [0.05, 0.1) is 17.3 Å². The van der Waals surface area contributed by atoms with Gasteiger partial charge in [-0.25, -0.2) is 16.8 Å². The van der Waals surface area contributed by atoms with Crippen molar-refractivity contribution in [3.8, 4) is 0 Å². The van der Waals surface area contributed by atoms with E-state index in [4.69, 9.17) is 0 Å². The maximum atomic E-state index is 11.5. The molecule has 0 aromatic carbocycles. The Morgan fingerprint density at radius 2 is 2.00 bits per heavy atom. The molecule has 7 heteroatoms. The number of hydrogen-bond donors (Lipinski definition) is 1. The number of nitrogens with one attached hydrogen (secondary N) is 1.